The van der Waals surface area contributed by atoms with Gasteiger partial charge in [0.1, 0.15) is 5.92 Å². The summed E-state index contributed by atoms with van der Waals surface area (Å²) in [6, 6.07) is 12.5. The maximum atomic E-state index is 13.0. The van der Waals surface area contributed by atoms with E-state index in [2.05, 4.69) is 11.4 Å². The van der Waals surface area contributed by atoms with Gasteiger partial charge in [0.25, 0.3) is 0 Å². The van der Waals surface area contributed by atoms with Gasteiger partial charge in [-0.15, -0.1) is 11.8 Å². The fourth-order valence-electron chi connectivity index (χ4n) is 3.49. The van der Waals surface area contributed by atoms with Crippen LogP contribution in [0.1, 0.15) is 24.0 Å². The Hall–Kier alpha value is -2.37. The molecule has 1 aliphatic rings. The Morgan fingerprint density at radius 3 is 2.42 bits per heavy atom. The summed E-state index contributed by atoms with van der Waals surface area (Å²) in [7, 11) is 1.18. The van der Waals surface area contributed by atoms with Gasteiger partial charge >= 0.3 is 5.97 Å². The summed E-state index contributed by atoms with van der Waals surface area (Å²) in [6.45, 7) is 2.14. The molecule has 0 saturated carbocycles. The van der Waals surface area contributed by atoms with Crippen LogP contribution in [0.2, 0.25) is 15.1 Å². The summed E-state index contributed by atoms with van der Waals surface area (Å²) in [4.78, 5) is 25.5. The molecule has 2 atom stereocenters. The van der Waals surface area contributed by atoms with E-state index in [4.69, 9.17) is 44.3 Å². The lowest BCUT2D eigenvalue weighted by Crippen LogP contribution is -2.44. The molecule has 2 aromatic carbocycles. The van der Waals surface area contributed by atoms with E-state index in [-0.39, 0.29) is 21.4 Å². The number of amides is 1. The van der Waals surface area contributed by atoms with Crippen LogP contribution < -0.4 is 10.1 Å². The topological polar surface area (TPSA) is 88.4 Å². The van der Waals surface area contributed by atoms with Crippen molar-refractivity contribution in [1.82, 2.24) is 5.32 Å². The summed E-state index contributed by atoms with van der Waals surface area (Å²) in [5.74, 6) is -2.92. The van der Waals surface area contributed by atoms with E-state index in [1.165, 1.54) is 18.9 Å². The number of hydrogen-bond donors (Lipinski definition) is 1. The number of rotatable bonds is 7. The van der Waals surface area contributed by atoms with Crippen LogP contribution in [0.15, 0.2) is 47.0 Å². The maximum Gasteiger partial charge on any atom is 0.319 e. The van der Waals surface area contributed by atoms with E-state index in [1.807, 2.05) is 18.2 Å². The van der Waals surface area contributed by atoms with E-state index in [1.54, 1.807) is 25.1 Å². The lowest BCUT2D eigenvalue weighted by atomic mass is 9.78. The second kappa shape index (κ2) is 11.2. The minimum absolute atomic E-state index is 0.193. The number of carbonyl (C=O) groups is 2. The van der Waals surface area contributed by atoms with Gasteiger partial charge in [0.2, 0.25) is 5.91 Å². The average Bonchev–Trinajstić information content (AvgIpc) is 2.79. The number of halogens is 3. The molecule has 33 heavy (non-hydrogen) atoms. The highest BCUT2D eigenvalue weighted by Gasteiger charge is 2.44. The van der Waals surface area contributed by atoms with Crippen LogP contribution in [-0.4, -0.2) is 25.6 Å². The molecule has 1 N–H and O–H groups in total. The Morgan fingerprint density at radius 1 is 1.18 bits per heavy atom. The number of thioether (sulfide) groups is 1. The number of carbonyl (C=O) groups excluding carboxylic acids is 2. The molecule has 1 aliphatic heterocycles. The van der Waals surface area contributed by atoms with Crippen LogP contribution >= 0.6 is 46.6 Å². The second-order valence-electron chi connectivity index (χ2n) is 6.95. The fourth-order valence-corrected chi connectivity index (χ4v) is 5.43. The number of methoxy groups -OCH3 is 1. The van der Waals surface area contributed by atoms with E-state index < -0.39 is 23.7 Å². The van der Waals surface area contributed by atoms with Crippen molar-refractivity contribution in [3.63, 3.8) is 0 Å². The summed E-state index contributed by atoms with van der Waals surface area (Å²) in [5, 5.41) is 14.0. The molecular formula is C23H19Cl3N2O4S. The number of benzene rings is 2. The van der Waals surface area contributed by atoms with Gasteiger partial charge in [-0.3, -0.25) is 9.59 Å². The molecule has 0 spiro atoms. The molecule has 0 bridgehead atoms. The van der Waals surface area contributed by atoms with Crippen molar-refractivity contribution in [2.75, 3.05) is 13.7 Å². The third-order valence-electron chi connectivity index (χ3n) is 4.98. The molecule has 0 radical (unpaired) electrons. The van der Waals surface area contributed by atoms with Gasteiger partial charge in [-0.05, 0) is 36.2 Å². The molecule has 1 heterocycles. The SMILES string of the molecule is CCOc1c(Cl)cc([C@H]2C(C#N)=C(SCc3ccccc3Cl)NC(=O)[C@@H]2C(=O)OC)cc1Cl. The number of esters is 1. The minimum Gasteiger partial charge on any atom is -0.491 e. The molecule has 0 aliphatic carbocycles. The summed E-state index contributed by atoms with van der Waals surface area (Å²) in [6.07, 6.45) is 0. The van der Waals surface area contributed by atoms with Crippen molar-refractivity contribution in [3.8, 4) is 11.8 Å². The first-order chi connectivity index (χ1) is 15.8. The number of hydrogen-bond acceptors (Lipinski definition) is 6. The van der Waals surface area contributed by atoms with Crippen molar-refractivity contribution < 1.29 is 19.1 Å². The molecule has 0 fully saturated rings. The van der Waals surface area contributed by atoms with Gasteiger partial charge in [0.15, 0.2) is 5.75 Å². The normalized spacial score (nSPS) is 17.9. The highest BCUT2D eigenvalue weighted by atomic mass is 35.5. The minimum atomic E-state index is -1.29. The molecule has 0 aromatic heterocycles. The van der Waals surface area contributed by atoms with Gasteiger partial charge in [-0.2, -0.15) is 5.26 Å². The Labute approximate surface area is 210 Å². The van der Waals surface area contributed by atoms with Gasteiger partial charge in [-0.25, -0.2) is 0 Å². The van der Waals surface area contributed by atoms with Crippen molar-refractivity contribution in [2.45, 2.75) is 18.6 Å². The summed E-state index contributed by atoms with van der Waals surface area (Å²) >= 11 is 20.2. The van der Waals surface area contributed by atoms with E-state index >= 15 is 0 Å². The van der Waals surface area contributed by atoms with Crippen molar-refractivity contribution >= 4 is 58.4 Å². The molecule has 0 unspecified atom stereocenters. The van der Waals surface area contributed by atoms with Crippen molar-refractivity contribution in [2.24, 2.45) is 5.92 Å². The standard InChI is InChI=1S/C23H19Cl3N2O4S/c1-3-32-20-16(25)8-13(9-17(20)26)18-14(10-27)22(28-21(29)19(18)23(30)31-2)33-11-12-6-4-5-7-15(12)24/h4-9,18-19H,3,11H2,1-2H3,(H,28,29)/t18-,19+/m0/s1. The second-order valence-corrected chi connectivity index (χ2v) is 9.16. The first-order valence-electron chi connectivity index (χ1n) is 9.83. The third kappa shape index (κ3) is 5.42. The van der Waals surface area contributed by atoms with Crippen LogP contribution in [0.3, 0.4) is 0 Å². The van der Waals surface area contributed by atoms with E-state index in [0.29, 0.717) is 28.0 Å². The highest BCUT2D eigenvalue weighted by Crippen LogP contribution is 2.44. The zero-order valence-corrected chi connectivity index (χ0v) is 20.7. The first-order valence-corrected chi connectivity index (χ1v) is 11.9. The van der Waals surface area contributed by atoms with Crippen molar-refractivity contribution in [3.05, 3.63) is 73.2 Å². The molecule has 172 valence electrons. The molecule has 1 amide bonds. The van der Waals surface area contributed by atoms with Gasteiger partial charge in [0.05, 0.1) is 40.4 Å². The summed E-state index contributed by atoms with van der Waals surface area (Å²) < 4.78 is 10.3. The quantitative estimate of drug-likeness (QED) is 0.368. The molecular weight excluding hydrogens is 507 g/mol. The van der Waals surface area contributed by atoms with E-state index in [0.717, 1.165) is 5.56 Å². The number of allylic oxidation sites excluding steroid dienone is 1. The number of nitrogens with zero attached hydrogens (tertiary/aromatic N) is 1. The highest BCUT2D eigenvalue weighted by molar-refractivity contribution is 8.02. The Kier molecular flexibility index (Phi) is 8.55. The molecule has 2 aromatic rings. The van der Waals surface area contributed by atoms with Gasteiger partial charge in [-0.1, -0.05) is 53.0 Å². The van der Waals surface area contributed by atoms with Crippen LogP contribution in [0.25, 0.3) is 0 Å². The first kappa shape index (κ1) is 25.3. The average molecular weight is 526 g/mol. The Bertz CT molecular complexity index is 1140. The van der Waals surface area contributed by atoms with Crippen LogP contribution in [0.4, 0.5) is 0 Å². The zero-order chi connectivity index (χ0) is 24.1. The number of nitriles is 1. The third-order valence-corrected chi connectivity index (χ3v) is 6.98. The monoisotopic (exact) mass is 524 g/mol. The van der Waals surface area contributed by atoms with Crippen LogP contribution in [0, 0.1) is 17.2 Å². The molecule has 3 rings (SSSR count). The lowest BCUT2D eigenvalue weighted by Gasteiger charge is -2.31. The fraction of sp³-hybridized carbons (Fsp3) is 0.261. The molecule has 10 heteroatoms. The van der Waals surface area contributed by atoms with Crippen LogP contribution in [-0.2, 0) is 20.1 Å². The number of ether oxygens (including phenoxy) is 2. The number of nitrogens with one attached hydrogen (secondary N) is 1. The smallest absolute Gasteiger partial charge is 0.319 e. The Balaban J connectivity index is 2.10. The maximum absolute atomic E-state index is 13.0. The van der Waals surface area contributed by atoms with Gasteiger partial charge in [0, 0.05) is 16.7 Å². The van der Waals surface area contributed by atoms with Gasteiger partial charge < -0.3 is 14.8 Å². The van der Waals surface area contributed by atoms with E-state index in [9.17, 15) is 14.9 Å². The predicted octanol–water partition coefficient (Wildman–Crippen LogP) is 5.72. The summed E-state index contributed by atoms with van der Waals surface area (Å²) in [5.41, 5.74) is 1.45. The lowest BCUT2D eigenvalue weighted by molar-refractivity contribution is -0.150. The Morgan fingerprint density at radius 2 is 1.85 bits per heavy atom. The molecule has 6 nitrogen and oxygen atoms in total. The molecule has 0 saturated heterocycles. The largest absolute Gasteiger partial charge is 0.491 e. The predicted molar refractivity (Wildman–Crippen MR) is 129 cm³/mol. The van der Waals surface area contributed by atoms with Crippen molar-refractivity contribution in [1.29, 1.82) is 5.26 Å². The van der Waals surface area contributed by atoms with Crippen LogP contribution in [0.5, 0.6) is 5.75 Å². The zero-order valence-electron chi connectivity index (χ0n) is 17.7.